The molecule has 2 nitrogen and oxygen atoms in total. The summed E-state index contributed by atoms with van der Waals surface area (Å²) in [5.74, 6) is 1.07. The standard InChI is InChI=1S/C12H12N2S/c1-2-4-11(5-3-1)6-7-15-12-8-13-10-14-9-12/h1-5,8-10H,6-7H2. The molecule has 0 aliphatic heterocycles. The molecule has 0 radical (unpaired) electrons. The van der Waals surface area contributed by atoms with Crippen LogP contribution in [0.1, 0.15) is 5.56 Å². The third-order valence-electron chi connectivity index (χ3n) is 2.04. The summed E-state index contributed by atoms with van der Waals surface area (Å²) in [5.41, 5.74) is 1.38. The first kappa shape index (κ1) is 10.2. The van der Waals surface area contributed by atoms with Gasteiger partial charge in [0.25, 0.3) is 0 Å². The van der Waals surface area contributed by atoms with Crippen molar-refractivity contribution in [2.75, 3.05) is 5.75 Å². The minimum atomic E-state index is 1.07. The van der Waals surface area contributed by atoms with E-state index in [0.29, 0.717) is 0 Å². The molecule has 0 aliphatic rings. The zero-order valence-corrected chi connectivity index (χ0v) is 9.15. The molecule has 0 spiro atoms. The molecule has 1 heterocycles. The van der Waals surface area contributed by atoms with Crippen LogP contribution < -0.4 is 0 Å². The third-order valence-corrected chi connectivity index (χ3v) is 2.99. The van der Waals surface area contributed by atoms with Gasteiger partial charge in [0.05, 0.1) is 0 Å². The molecule has 0 N–H and O–H groups in total. The molecule has 3 heteroatoms. The Balaban J connectivity index is 1.81. The number of hydrogen-bond acceptors (Lipinski definition) is 3. The average Bonchev–Trinajstić information content (AvgIpc) is 2.32. The van der Waals surface area contributed by atoms with Gasteiger partial charge in [-0.3, -0.25) is 0 Å². The van der Waals surface area contributed by atoms with Crippen LogP contribution in [0.25, 0.3) is 0 Å². The van der Waals surface area contributed by atoms with Crippen molar-refractivity contribution < 1.29 is 0 Å². The highest BCUT2D eigenvalue weighted by atomic mass is 32.2. The molecule has 0 saturated carbocycles. The highest BCUT2D eigenvalue weighted by molar-refractivity contribution is 7.99. The van der Waals surface area contributed by atoms with Crippen LogP contribution >= 0.6 is 11.8 Å². The van der Waals surface area contributed by atoms with Gasteiger partial charge in [0.2, 0.25) is 0 Å². The van der Waals surface area contributed by atoms with Crippen LogP contribution in [0.3, 0.4) is 0 Å². The summed E-state index contributed by atoms with van der Waals surface area (Å²) in [6, 6.07) is 10.5. The van der Waals surface area contributed by atoms with Gasteiger partial charge in [-0.25, -0.2) is 9.97 Å². The minimum absolute atomic E-state index is 1.07. The van der Waals surface area contributed by atoms with Crippen LogP contribution in [0.15, 0.2) is 53.9 Å². The van der Waals surface area contributed by atoms with E-state index in [1.165, 1.54) is 5.56 Å². The van der Waals surface area contributed by atoms with E-state index < -0.39 is 0 Å². The van der Waals surface area contributed by atoms with Gasteiger partial charge in [-0.15, -0.1) is 11.8 Å². The Kier molecular flexibility index (Phi) is 3.74. The van der Waals surface area contributed by atoms with E-state index in [4.69, 9.17) is 0 Å². The Labute approximate surface area is 93.8 Å². The molecule has 0 saturated heterocycles. The number of aryl methyl sites for hydroxylation is 1. The van der Waals surface area contributed by atoms with Crippen molar-refractivity contribution >= 4 is 11.8 Å². The molecule has 1 aromatic heterocycles. The maximum Gasteiger partial charge on any atom is 0.115 e. The lowest BCUT2D eigenvalue weighted by Gasteiger charge is -2.00. The molecule has 0 unspecified atom stereocenters. The number of aromatic nitrogens is 2. The van der Waals surface area contributed by atoms with E-state index in [9.17, 15) is 0 Å². The van der Waals surface area contributed by atoms with Gasteiger partial charge in [0.1, 0.15) is 6.33 Å². The lowest BCUT2D eigenvalue weighted by atomic mass is 10.2. The molecule has 15 heavy (non-hydrogen) atoms. The number of thioether (sulfide) groups is 1. The van der Waals surface area contributed by atoms with Gasteiger partial charge < -0.3 is 0 Å². The average molecular weight is 216 g/mol. The fourth-order valence-electron chi connectivity index (χ4n) is 1.29. The van der Waals surface area contributed by atoms with Crippen molar-refractivity contribution in [3.05, 3.63) is 54.6 Å². The van der Waals surface area contributed by atoms with Crippen LogP contribution in [-0.4, -0.2) is 15.7 Å². The summed E-state index contributed by atoms with van der Waals surface area (Å²) in [6.07, 6.45) is 6.34. The van der Waals surface area contributed by atoms with Gasteiger partial charge in [-0.05, 0) is 12.0 Å². The van der Waals surface area contributed by atoms with Gasteiger partial charge in [0, 0.05) is 23.0 Å². The Morgan fingerprint density at radius 3 is 2.47 bits per heavy atom. The van der Waals surface area contributed by atoms with E-state index in [1.54, 1.807) is 18.1 Å². The van der Waals surface area contributed by atoms with Crippen molar-refractivity contribution in [3.63, 3.8) is 0 Å². The monoisotopic (exact) mass is 216 g/mol. The van der Waals surface area contributed by atoms with Crippen molar-refractivity contribution in [3.8, 4) is 0 Å². The molecular weight excluding hydrogens is 204 g/mol. The molecule has 0 aliphatic carbocycles. The lowest BCUT2D eigenvalue weighted by Crippen LogP contribution is -1.88. The molecular formula is C12H12N2S. The molecule has 76 valence electrons. The normalized spacial score (nSPS) is 10.1. The van der Waals surface area contributed by atoms with Crippen LogP contribution in [0.2, 0.25) is 0 Å². The van der Waals surface area contributed by atoms with E-state index in [1.807, 2.05) is 18.5 Å². The SMILES string of the molecule is c1ccc(CCSc2cncnc2)cc1. The Morgan fingerprint density at radius 2 is 1.73 bits per heavy atom. The quantitative estimate of drug-likeness (QED) is 0.735. The Hall–Kier alpha value is -1.35. The predicted octanol–water partition coefficient (Wildman–Crippen LogP) is 2.81. The second kappa shape index (κ2) is 5.51. The molecule has 0 atom stereocenters. The summed E-state index contributed by atoms with van der Waals surface area (Å²) in [7, 11) is 0. The summed E-state index contributed by atoms with van der Waals surface area (Å²) in [6.45, 7) is 0. The van der Waals surface area contributed by atoms with Crippen molar-refractivity contribution in [1.82, 2.24) is 9.97 Å². The first-order valence-electron chi connectivity index (χ1n) is 4.87. The molecule has 2 aromatic rings. The Morgan fingerprint density at radius 1 is 1.00 bits per heavy atom. The maximum absolute atomic E-state index is 3.98. The first-order chi connectivity index (χ1) is 7.45. The molecule has 0 bridgehead atoms. The van der Waals surface area contributed by atoms with E-state index in [-0.39, 0.29) is 0 Å². The smallest absolute Gasteiger partial charge is 0.115 e. The van der Waals surface area contributed by atoms with Crippen molar-refractivity contribution in [2.45, 2.75) is 11.3 Å². The van der Waals surface area contributed by atoms with Gasteiger partial charge >= 0.3 is 0 Å². The highest BCUT2D eigenvalue weighted by Gasteiger charge is 1.95. The Bertz CT molecular complexity index is 349. The van der Waals surface area contributed by atoms with Crippen LogP contribution in [0.4, 0.5) is 0 Å². The molecule has 2 rings (SSSR count). The van der Waals surface area contributed by atoms with Gasteiger partial charge in [-0.1, -0.05) is 30.3 Å². The molecule has 0 fully saturated rings. The second-order valence-electron chi connectivity index (χ2n) is 3.16. The topological polar surface area (TPSA) is 25.8 Å². The number of hydrogen-bond donors (Lipinski definition) is 0. The highest BCUT2D eigenvalue weighted by Crippen LogP contribution is 2.16. The van der Waals surface area contributed by atoms with Crippen molar-refractivity contribution in [2.24, 2.45) is 0 Å². The fraction of sp³-hybridized carbons (Fsp3) is 0.167. The van der Waals surface area contributed by atoms with E-state index in [2.05, 4.69) is 34.2 Å². The van der Waals surface area contributed by atoms with Gasteiger partial charge in [0.15, 0.2) is 0 Å². The van der Waals surface area contributed by atoms with E-state index >= 15 is 0 Å². The minimum Gasteiger partial charge on any atom is -0.244 e. The molecule has 0 amide bonds. The van der Waals surface area contributed by atoms with E-state index in [0.717, 1.165) is 17.1 Å². The van der Waals surface area contributed by atoms with Gasteiger partial charge in [-0.2, -0.15) is 0 Å². The van der Waals surface area contributed by atoms with Crippen LogP contribution in [0, 0.1) is 0 Å². The zero-order valence-electron chi connectivity index (χ0n) is 8.34. The second-order valence-corrected chi connectivity index (χ2v) is 4.33. The molecule has 1 aromatic carbocycles. The fourth-order valence-corrected chi connectivity index (χ4v) is 2.14. The number of nitrogens with zero attached hydrogens (tertiary/aromatic N) is 2. The first-order valence-corrected chi connectivity index (χ1v) is 5.85. The zero-order chi connectivity index (χ0) is 10.3. The summed E-state index contributed by atoms with van der Waals surface area (Å²) < 4.78 is 0. The number of rotatable bonds is 4. The van der Waals surface area contributed by atoms with Crippen LogP contribution in [-0.2, 0) is 6.42 Å². The third kappa shape index (κ3) is 3.36. The van der Waals surface area contributed by atoms with Crippen LogP contribution in [0.5, 0.6) is 0 Å². The summed E-state index contributed by atoms with van der Waals surface area (Å²) in [5, 5.41) is 0. The summed E-state index contributed by atoms with van der Waals surface area (Å²) in [4.78, 5) is 9.09. The van der Waals surface area contributed by atoms with Crippen molar-refractivity contribution in [1.29, 1.82) is 0 Å². The lowest BCUT2D eigenvalue weighted by molar-refractivity contribution is 1.09. The number of benzene rings is 1. The predicted molar refractivity (Wildman–Crippen MR) is 62.9 cm³/mol. The maximum atomic E-state index is 3.98. The largest absolute Gasteiger partial charge is 0.244 e. The summed E-state index contributed by atoms with van der Waals surface area (Å²) >= 11 is 1.79.